The highest BCUT2D eigenvalue weighted by atomic mass is 16.2. The van der Waals surface area contributed by atoms with Crippen LogP contribution in [0.15, 0.2) is 176 Å². The van der Waals surface area contributed by atoms with Gasteiger partial charge in [0, 0.05) is 153 Å². The number of fused-ring (bicyclic) bond motifs is 8. The quantitative estimate of drug-likeness (QED) is 0.184. The Bertz CT molecular complexity index is 6250. The van der Waals surface area contributed by atoms with Crippen LogP contribution in [0.2, 0.25) is 0 Å². The molecule has 0 radical (unpaired) electrons. The third-order valence-electron chi connectivity index (χ3n) is 29.3. The fourth-order valence-electron chi connectivity index (χ4n) is 19.1. The third-order valence-corrected chi connectivity index (χ3v) is 29.3. The maximum atomic E-state index is 12.4. The smallest absolute Gasteiger partial charge is 0.254 e. The van der Waals surface area contributed by atoms with Crippen LogP contribution in [0.25, 0.3) is 43.6 Å². The number of nitrogens with one attached hydrogen (secondary N) is 2. The van der Waals surface area contributed by atoms with E-state index in [-0.39, 0.29) is 87.6 Å². The first-order valence-electron chi connectivity index (χ1n) is 53.9. The second-order valence-electron chi connectivity index (χ2n) is 59.0. The Morgan fingerprint density at radius 2 is 0.727 bits per heavy atom. The van der Waals surface area contributed by atoms with Crippen molar-refractivity contribution in [1.29, 1.82) is 0 Å². The molecule has 10 nitrogen and oxygen atoms in total. The molecule has 1 atom stereocenters. The minimum Gasteiger partial charge on any atom is -0.381 e. The van der Waals surface area contributed by atoms with E-state index in [1.165, 1.54) is 145 Å². The van der Waals surface area contributed by atoms with Crippen LogP contribution in [-0.4, -0.2) is 89.1 Å². The molecule has 4 aliphatic rings. The molecule has 0 aliphatic carbocycles. The van der Waals surface area contributed by atoms with Gasteiger partial charge in [-0.05, 0) is 319 Å². The summed E-state index contributed by atoms with van der Waals surface area (Å²) in [6, 6.07) is 64.4. The molecule has 1 amide bonds. The van der Waals surface area contributed by atoms with Crippen LogP contribution in [0.4, 0.5) is 11.4 Å². The van der Waals surface area contributed by atoms with E-state index in [2.05, 4.69) is 568 Å². The lowest BCUT2D eigenvalue weighted by molar-refractivity contribution is 0.0609. The Balaban J connectivity index is 0.000000182. The number of aromatic nitrogens is 4. The molecule has 0 saturated heterocycles. The van der Waals surface area contributed by atoms with E-state index in [0.29, 0.717) is 11.5 Å². The number of hydrogen-bond acceptors (Lipinski definition) is 5. The highest BCUT2D eigenvalue weighted by molar-refractivity contribution is 5.99. The summed E-state index contributed by atoms with van der Waals surface area (Å²) in [6.07, 6.45) is 4.54. The van der Waals surface area contributed by atoms with Crippen LogP contribution < -0.4 is 10.2 Å². The van der Waals surface area contributed by atoms with E-state index in [9.17, 15) is 4.79 Å². The molecule has 12 aromatic rings. The Kier molecular flexibility index (Phi) is 34.7. The molecule has 8 heterocycles. The maximum absolute atomic E-state index is 12.4. The van der Waals surface area contributed by atoms with Gasteiger partial charge in [0.25, 0.3) is 5.91 Å². The van der Waals surface area contributed by atoms with Gasteiger partial charge in [0.2, 0.25) is 0 Å². The fraction of sp³-hybridized carbons (Fsp3) is 0.571. The van der Waals surface area contributed by atoms with Crippen molar-refractivity contribution < 1.29 is 4.79 Å². The SMILES string of the molecule is CC(C)(C)c1ccc2c(c1)C(=O)N(C(C)(C)C)C2.CC(C)(C)c1ccc2c(c1)CN(C(C)(C)C)C2.CC(C)(C)c1ccc2c(c1)N(C(C)(C)C)CC2.CC(C)(C)c1ccc2c(c1)NC(C(C)(C)C)C2.CC(C)(C)c1ccc2cc(C(C)(C)C)[nH]c2c1.CC(C)(C)c1ccc2ccn(C(C)(C)C)c2c1.CN(C)CCn1c(C(C)(C)C)cc2ccc(C(C)(C)C)cc21.Cn1c(C(C)(C)C)cc2ccc(C(C)(C)C)cc21. The number of aromatic amines is 1. The van der Waals surface area contributed by atoms with Gasteiger partial charge < -0.3 is 38.7 Å². The van der Waals surface area contributed by atoms with E-state index in [4.69, 9.17) is 0 Å². The van der Waals surface area contributed by atoms with Crippen LogP contribution in [-0.2, 0) is 111 Å². The fourth-order valence-corrected chi connectivity index (χ4v) is 19.1. The molecule has 143 heavy (non-hydrogen) atoms. The van der Waals surface area contributed by atoms with Gasteiger partial charge in [0.05, 0.1) is 0 Å². The Labute approximate surface area is 873 Å². The van der Waals surface area contributed by atoms with E-state index in [1.807, 2.05) is 4.90 Å². The van der Waals surface area contributed by atoms with Crippen molar-refractivity contribution in [2.75, 3.05) is 37.4 Å². The van der Waals surface area contributed by atoms with Crippen molar-refractivity contribution in [2.24, 2.45) is 12.5 Å². The number of rotatable bonds is 3. The summed E-state index contributed by atoms with van der Waals surface area (Å²) in [5.74, 6) is 0.170. The summed E-state index contributed by atoms with van der Waals surface area (Å²) in [5, 5.41) is 9.02. The second kappa shape index (κ2) is 42.3. The first-order chi connectivity index (χ1) is 64.6. The van der Waals surface area contributed by atoms with Gasteiger partial charge in [-0.3, -0.25) is 9.69 Å². The van der Waals surface area contributed by atoms with E-state index in [0.717, 1.165) is 56.8 Å². The summed E-state index contributed by atoms with van der Waals surface area (Å²) >= 11 is 0. The minimum absolute atomic E-state index is 0.0878. The number of carbonyl (C=O) groups excluding carboxylic acids is 1. The molecule has 4 aromatic heterocycles. The molecule has 784 valence electrons. The van der Waals surface area contributed by atoms with Crippen molar-refractivity contribution in [3.8, 4) is 0 Å². The number of hydrogen-bond donors (Lipinski definition) is 2. The van der Waals surface area contributed by atoms with Gasteiger partial charge in [0.1, 0.15) is 0 Å². The Morgan fingerprint density at radius 1 is 0.329 bits per heavy atom. The number of H-pyrrole nitrogens is 1. The van der Waals surface area contributed by atoms with Crippen molar-refractivity contribution >= 4 is 60.9 Å². The number of amides is 1. The normalized spacial score (nSPS) is 15.3. The molecule has 0 saturated carbocycles. The highest BCUT2D eigenvalue weighted by Gasteiger charge is 2.38. The van der Waals surface area contributed by atoms with Gasteiger partial charge in [-0.2, -0.15) is 0 Å². The Hall–Kier alpha value is -9.09. The zero-order chi connectivity index (χ0) is 108. The first-order valence-corrected chi connectivity index (χ1v) is 53.9. The topological polar surface area (TPSA) is 72.6 Å². The van der Waals surface area contributed by atoms with Crippen LogP contribution in [0.3, 0.4) is 0 Å². The summed E-state index contributed by atoms with van der Waals surface area (Å²) in [4.78, 5) is 25.3. The van der Waals surface area contributed by atoms with Crippen LogP contribution in [0, 0.1) is 5.41 Å². The monoisotopic (exact) mass is 1940 g/mol. The number of nitrogens with zero attached hydrogens (tertiary/aromatic N) is 7. The zero-order valence-corrected chi connectivity index (χ0v) is 101. The molecule has 1 unspecified atom stereocenters. The molecule has 0 spiro atoms. The summed E-state index contributed by atoms with van der Waals surface area (Å²) < 4.78 is 7.22. The molecule has 4 aliphatic heterocycles. The molecule has 0 bridgehead atoms. The predicted octanol–water partition coefficient (Wildman–Crippen LogP) is 35.4. The van der Waals surface area contributed by atoms with Gasteiger partial charge >= 0.3 is 0 Å². The number of anilines is 2. The number of carbonyl (C=O) groups is 1. The van der Waals surface area contributed by atoms with Gasteiger partial charge in [-0.25, -0.2) is 0 Å². The van der Waals surface area contributed by atoms with Crippen molar-refractivity contribution in [1.82, 2.24) is 33.4 Å². The van der Waals surface area contributed by atoms with Crippen LogP contribution in [0.5, 0.6) is 0 Å². The third kappa shape index (κ3) is 30.4. The summed E-state index contributed by atoms with van der Waals surface area (Å²) in [5.41, 5.74) is 34.4. The highest BCUT2D eigenvalue weighted by Crippen LogP contribution is 2.44. The molecule has 8 aromatic carbocycles. The average Bonchev–Trinajstić information content (AvgIpc) is 1.63. The molecule has 16 rings (SSSR count). The van der Waals surface area contributed by atoms with E-state index in [1.54, 1.807) is 0 Å². The lowest BCUT2D eigenvalue weighted by Crippen LogP contribution is -2.41. The van der Waals surface area contributed by atoms with Crippen molar-refractivity contribution in [3.63, 3.8) is 0 Å². The number of aryl methyl sites for hydroxylation is 1. The average molecular weight is 1940 g/mol. The lowest BCUT2D eigenvalue weighted by Gasteiger charge is -2.35. The lowest BCUT2D eigenvalue weighted by atomic mass is 9.84. The van der Waals surface area contributed by atoms with Crippen molar-refractivity contribution in [2.45, 2.75) is 459 Å². The van der Waals surface area contributed by atoms with Crippen LogP contribution in [0.1, 0.15) is 432 Å². The molecule has 2 N–H and O–H groups in total. The van der Waals surface area contributed by atoms with Gasteiger partial charge in [-0.15, -0.1) is 0 Å². The first kappa shape index (κ1) is 117. The van der Waals surface area contributed by atoms with E-state index >= 15 is 0 Å². The molecular weight excluding hydrogens is 1740 g/mol. The van der Waals surface area contributed by atoms with Gasteiger partial charge in [-0.1, -0.05) is 352 Å². The minimum atomic E-state index is -0.113. The summed E-state index contributed by atoms with van der Waals surface area (Å²) in [6.45, 7) is 115. The predicted molar refractivity (Wildman–Crippen MR) is 630 cm³/mol. The number of benzene rings is 8. The molecule has 0 fully saturated rings. The molecular formula is C133H201N9O. The second-order valence-corrected chi connectivity index (χ2v) is 59.0. The van der Waals surface area contributed by atoms with E-state index < -0.39 is 0 Å². The van der Waals surface area contributed by atoms with Crippen LogP contribution >= 0.6 is 0 Å². The van der Waals surface area contributed by atoms with Crippen molar-refractivity contribution in [3.05, 3.63) is 271 Å². The summed E-state index contributed by atoms with van der Waals surface area (Å²) in [7, 11) is 6.46. The Morgan fingerprint density at radius 3 is 1.18 bits per heavy atom. The standard InChI is InChI=1S/C20H32N2.C17H25N.C16H23NO.2C16H25N.C16H23N.C16H25N.C16H23N/c1-19(2,3)16-10-9-15-13-18(20(4,5)6)22(17(15)14-16)12-11-21(7)8;1-16(2,3)13-9-8-12-10-15(17(4,5)6)18(7)14(12)11-13;1-15(2,3)12-8-7-11-10-17(16(4,5)6)14(18)13(11)9-12;1-15(2,3)14-8-7-12-10-17(16(4,5)6)11-13(12)9-14;2*1-15(2,3)12-8-7-11-9-14(16(4,5)6)17-13(11)10-12;2*1-15(2,3)13-8-7-12-9-10-17(14(12)11-13)16(4,5)6/h9-10,13-14H,11-12H2,1-8H3;8-11H,1-7H3;7-9H,10H2,1-6H3;7-9H,10-11H2,1-6H3;7-8,10,14,17H,9H2,1-6H3;7-10,17H,1-6H3;7-8,11H,9-10H2,1-6H3;7-11H,1-6H3. The number of likely N-dealkylation sites (N-methyl/N-ethyl adjacent to an activating group) is 1. The van der Waals surface area contributed by atoms with Gasteiger partial charge in [0.15, 0.2) is 0 Å². The largest absolute Gasteiger partial charge is 0.381 e. The molecule has 10 heteroatoms. The zero-order valence-electron chi connectivity index (χ0n) is 101. The maximum Gasteiger partial charge on any atom is 0.254 e.